The Balaban J connectivity index is 0.00000650. The number of rotatable bonds is 19. The molecule has 1 aliphatic rings. The molecule has 15 heteroatoms. The fourth-order valence-corrected chi connectivity index (χ4v) is 6.17. The molecule has 0 aromatic carbocycles. The number of amides is 1. The molecule has 0 spiro atoms. The molecule has 0 aliphatic heterocycles. The molecule has 261 valence electrons. The SMILES string of the molecule is O=C(O)CN(CCc1ccc(C(=O)NCCN(Cc2ccccn2)Cc2ccccn2)cn1)C1CCCCC1N(CC(=O)O)CC(=O)O.[Mn+2]. The Labute approximate surface area is 296 Å². The number of carboxylic acid groups (broad SMARTS) is 3. The summed E-state index contributed by atoms with van der Waals surface area (Å²) in [5.74, 6) is -3.56. The van der Waals surface area contributed by atoms with Gasteiger partial charge in [0.25, 0.3) is 5.91 Å². The third-order valence-corrected chi connectivity index (χ3v) is 8.33. The maximum absolute atomic E-state index is 12.9. The third kappa shape index (κ3) is 13.3. The van der Waals surface area contributed by atoms with Crippen molar-refractivity contribution in [3.63, 3.8) is 0 Å². The fraction of sp³-hybridized carbons (Fsp3) is 0.441. The molecule has 4 N–H and O–H groups in total. The Bertz CT molecular complexity index is 1430. The minimum absolute atomic E-state index is 0. The molecule has 2 unspecified atom stereocenters. The van der Waals surface area contributed by atoms with Gasteiger partial charge in [-0.05, 0) is 49.2 Å². The van der Waals surface area contributed by atoms with Crippen LogP contribution in [-0.2, 0) is 51.0 Å². The van der Waals surface area contributed by atoms with E-state index in [0.29, 0.717) is 63.2 Å². The van der Waals surface area contributed by atoms with E-state index in [1.807, 2.05) is 36.4 Å². The van der Waals surface area contributed by atoms with Gasteiger partial charge in [0.15, 0.2) is 0 Å². The second-order valence-electron chi connectivity index (χ2n) is 11.9. The summed E-state index contributed by atoms with van der Waals surface area (Å²) in [5.41, 5.74) is 2.89. The first-order valence-electron chi connectivity index (χ1n) is 16.1. The second-order valence-corrected chi connectivity index (χ2v) is 11.9. The molecule has 0 bridgehead atoms. The minimum atomic E-state index is -1.13. The van der Waals surface area contributed by atoms with E-state index in [2.05, 4.69) is 25.2 Å². The number of nitrogens with zero attached hydrogens (tertiary/aromatic N) is 6. The molecule has 14 nitrogen and oxygen atoms in total. The molecule has 3 aromatic heterocycles. The number of carboxylic acids is 3. The maximum Gasteiger partial charge on any atom is 2.00 e. The molecule has 1 saturated carbocycles. The van der Waals surface area contributed by atoms with Crippen LogP contribution >= 0.6 is 0 Å². The van der Waals surface area contributed by atoms with Gasteiger partial charge in [-0.2, -0.15) is 0 Å². The van der Waals surface area contributed by atoms with Crippen molar-refractivity contribution in [2.24, 2.45) is 0 Å². The molecule has 0 saturated heterocycles. The van der Waals surface area contributed by atoms with Crippen molar-refractivity contribution < 1.29 is 51.6 Å². The number of hydrogen-bond donors (Lipinski definition) is 4. The van der Waals surface area contributed by atoms with Gasteiger partial charge in [-0.3, -0.25) is 48.8 Å². The van der Waals surface area contributed by atoms with Crippen molar-refractivity contribution in [2.45, 2.75) is 57.3 Å². The predicted molar refractivity (Wildman–Crippen MR) is 175 cm³/mol. The van der Waals surface area contributed by atoms with Gasteiger partial charge in [-0.1, -0.05) is 25.0 Å². The van der Waals surface area contributed by atoms with Crippen LogP contribution in [0, 0.1) is 0 Å². The van der Waals surface area contributed by atoms with Crippen LogP contribution in [0.3, 0.4) is 0 Å². The summed E-state index contributed by atoms with van der Waals surface area (Å²) in [7, 11) is 0. The Hall–Kier alpha value is -4.27. The fourth-order valence-electron chi connectivity index (χ4n) is 6.17. The number of carbonyl (C=O) groups excluding carboxylic acids is 1. The van der Waals surface area contributed by atoms with E-state index < -0.39 is 37.0 Å². The standard InChI is InChI=1S/C34H43N7O7.Mn/c42-31(43)22-40(29-9-1-2-10-30(29)41(23-32(44)45)24-33(46)47)17-13-26-12-11-25(19-38-26)34(48)37-16-18-39(20-27-7-3-5-14-35-27)21-28-8-4-6-15-36-28;/h3-8,11-12,14-15,19,29-30H,1-2,9-10,13,16-18,20-24H2,(H,37,48)(H,42,43)(H,44,45)(H,46,47);/q;+2. The van der Waals surface area contributed by atoms with Crippen LogP contribution in [0.25, 0.3) is 0 Å². The van der Waals surface area contributed by atoms with Gasteiger partial charge in [0.1, 0.15) is 0 Å². The minimum Gasteiger partial charge on any atom is -0.480 e. The van der Waals surface area contributed by atoms with Crippen LogP contribution in [0.2, 0.25) is 0 Å². The first-order chi connectivity index (χ1) is 23.2. The topological polar surface area (TPSA) is 189 Å². The largest absolute Gasteiger partial charge is 2.00 e. The molecule has 3 heterocycles. The van der Waals surface area contributed by atoms with Crippen LogP contribution in [0.1, 0.15) is 53.1 Å². The molecule has 1 fully saturated rings. The molecule has 3 aromatic rings. The van der Waals surface area contributed by atoms with Crippen molar-refractivity contribution in [3.05, 3.63) is 89.8 Å². The Morgan fingerprint density at radius 1 is 0.694 bits per heavy atom. The van der Waals surface area contributed by atoms with Crippen molar-refractivity contribution >= 4 is 23.8 Å². The second kappa shape index (κ2) is 20.3. The molecular formula is C34H43MnN7O7+2. The normalized spacial score (nSPS) is 15.9. The average molecular weight is 717 g/mol. The number of carbonyl (C=O) groups is 4. The smallest absolute Gasteiger partial charge is 0.480 e. The van der Waals surface area contributed by atoms with Crippen LogP contribution in [0.15, 0.2) is 67.1 Å². The Morgan fingerprint density at radius 3 is 1.73 bits per heavy atom. The van der Waals surface area contributed by atoms with Crippen LogP contribution in [0.5, 0.6) is 0 Å². The van der Waals surface area contributed by atoms with Gasteiger partial charge < -0.3 is 20.6 Å². The Kier molecular flexibility index (Phi) is 16.2. The van der Waals surface area contributed by atoms with Crippen molar-refractivity contribution in [1.82, 2.24) is 35.0 Å². The first kappa shape index (κ1) is 39.2. The van der Waals surface area contributed by atoms with Crippen molar-refractivity contribution in [2.75, 3.05) is 39.3 Å². The van der Waals surface area contributed by atoms with Gasteiger partial charge in [0, 0.05) is 75.5 Å². The summed E-state index contributed by atoms with van der Waals surface area (Å²) < 4.78 is 0. The summed E-state index contributed by atoms with van der Waals surface area (Å²) in [6, 6.07) is 14.2. The zero-order valence-electron chi connectivity index (χ0n) is 27.2. The van der Waals surface area contributed by atoms with E-state index in [-0.39, 0.29) is 35.6 Å². The quantitative estimate of drug-likeness (QED) is 0.132. The van der Waals surface area contributed by atoms with E-state index in [1.54, 1.807) is 29.4 Å². The number of aromatic nitrogens is 3. The van der Waals surface area contributed by atoms with Crippen molar-refractivity contribution in [3.8, 4) is 0 Å². The molecule has 2 atom stereocenters. The predicted octanol–water partition coefficient (Wildman–Crippen LogP) is 2.01. The maximum atomic E-state index is 12.9. The number of nitrogens with one attached hydrogen (secondary N) is 1. The van der Waals surface area contributed by atoms with E-state index >= 15 is 0 Å². The van der Waals surface area contributed by atoms with Crippen LogP contribution in [-0.4, -0.2) is 120 Å². The van der Waals surface area contributed by atoms with E-state index in [0.717, 1.165) is 24.2 Å². The average Bonchev–Trinajstić information content (AvgIpc) is 3.07. The number of hydrogen-bond acceptors (Lipinski definition) is 10. The summed E-state index contributed by atoms with van der Waals surface area (Å²) in [5, 5.41) is 31.4. The molecule has 4 rings (SSSR count). The van der Waals surface area contributed by atoms with Gasteiger partial charge in [-0.25, -0.2) is 0 Å². The van der Waals surface area contributed by atoms with Gasteiger partial charge in [0.2, 0.25) is 0 Å². The number of pyridine rings is 3. The summed E-state index contributed by atoms with van der Waals surface area (Å²) in [6.07, 6.45) is 8.23. The molecule has 1 radical (unpaired) electrons. The summed E-state index contributed by atoms with van der Waals surface area (Å²) >= 11 is 0. The van der Waals surface area contributed by atoms with E-state index in [1.165, 1.54) is 11.1 Å². The third-order valence-electron chi connectivity index (χ3n) is 8.33. The van der Waals surface area contributed by atoms with Gasteiger partial charge in [0.05, 0.1) is 36.6 Å². The monoisotopic (exact) mass is 716 g/mol. The molecule has 1 amide bonds. The summed E-state index contributed by atoms with van der Waals surface area (Å²) in [4.78, 5) is 66.5. The Morgan fingerprint density at radius 2 is 1.24 bits per heavy atom. The van der Waals surface area contributed by atoms with Crippen LogP contribution < -0.4 is 5.32 Å². The zero-order valence-corrected chi connectivity index (χ0v) is 28.4. The molecular weight excluding hydrogens is 673 g/mol. The van der Waals surface area contributed by atoms with Crippen LogP contribution in [0.4, 0.5) is 0 Å². The van der Waals surface area contributed by atoms with E-state index in [9.17, 15) is 34.5 Å². The first-order valence-corrected chi connectivity index (χ1v) is 16.1. The molecule has 49 heavy (non-hydrogen) atoms. The van der Waals surface area contributed by atoms with E-state index in [4.69, 9.17) is 0 Å². The van der Waals surface area contributed by atoms with Gasteiger partial charge >= 0.3 is 35.0 Å². The number of aliphatic carboxylic acids is 3. The summed E-state index contributed by atoms with van der Waals surface area (Å²) in [6.45, 7) is 1.34. The van der Waals surface area contributed by atoms with Gasteiger partial charge in [-0.15, -0.1) is 0 Å². The zero-order chi connectivity index (χ0) is 34.3. The molecule has 1 aliphatic carbocycles. The van der Waals surface area contributed by atoms with Crippen molar-refractivity contribution in [1.29, 1.82) is 0 Å².